The van der Waals surface area contributed by atoms with E-state index in [9.17, 15) is 0 Å². The molecule has 6 heteroatoms. The standard InChI is InChI=1S/C20H30N4OS/c1-3-18-15-23-19(26-18)16-24-20(21-4-2)22-12-8-13-25-14-11-17-9-6-5-7-10-17/h5-7,9-10,15H,3-4,8,11-14,16H2,1-2H3,(H2,21,22,24). The molecule has 0 aliphatic rings. The van der Waals surface area contributed by atoms with Crippen molar-refractivity contribution >= 4 is 17.3 Å². The van der Waals surface area contributed by atoms with Crippen molar-refractivity contribution in [1.29, 1.82) is 0 Å². The zero-order valence-electron chi connectivity index (χ0n) is 15.8. The monoisotopic (exact) mass is 374 g/mol. The molecule has 2 N–H and O–H groups in total. The number of hydrogen-bond donors (Lipinski definition) is 2. The molecule has 0 radical (unpaired) electrons. The molecule has 0 unspecified atom stereocenters. The number of guanidine groups is 1. The highest BCUT2D eigenvalue weighted by Crippen LogP contribution is 2.13. The molecule has 1 heterocycles. The molecule has 0 atom stereocenters. The fraction of sp³-hybridized carbons (Fsp3) is 0.500. The number of thiazole rings is 1. The third-order valence-electron chi connectivity index (χ3n) is 3.80. The van der Waals surface area contributed by atoms with Gasteiger partial charge in [0.15, 0.2) is 5.96 Å². The highest BCUT2D eigenvalue weighted by molar-refractivity contribution is 7.11. The molecule has 26 heavy (non-hydrogen) atoms. The van der Waals surface area contributed by atoms with Gasteiger partial charge in [-0.05, 0) is 31.7 Å². The maximum Gasteiger partial charge on any atom is 0.191 e. The predicted molar refractivity (Wildman–Crippen MR) is 110 cm³/mol. The van der Waals surface area contributed by atoms with Crippen LogP contribution in [0.2, 0.25) is 0 Å². The summed E-state index contributed by atoms with van der Waals surface area (Å²) in [6.45, 7) is 8.05. The Kier molecular flexibility index (Phi) is 9.75. The van der Waals surface area contributed by atoms with E-state index in [-0.39, 0.29) is 0 Å². The third kappa shape index (κ3) is 7.97. The first kappa shape index (κ1) is 20.4. The number of aliphatic imine (C=N–C) groups is 1. The van der Waals surface area contributed by atoms with E-state index in [1.807, 2.05) is 12.3 Å². The Hall–Kier alpha value is -1.92. The molecule has 0 aliphatic heterocycles. The van der Waals surface area contributed by atoms with Crippen LogP contribution in [0, 0.1) is 0 Å². The first-order valence-corrected chi connectivity index (χ1v) is 10.2. The first-order valence-electron chi connectivity index (χ1n) is 9.39. The van der Waals surface area contributed by atoms with Crippen molar-refractivity contribution in [2.45, 2.75) is 39.7 Å². The Labute approximate surface area is 160 Å². The molecule has 2 rings (SSSR count). The van der Waals surface area contributed by atoms with Crippen molar-refractivity contribution in [2.75, 3.05) is 26.3 Å². The molecule has 5 nitrogen and oxygen atoms in total. The Balaban J connectivity index is 1.60. The van der Waals surface area contributed by atoms with Gasteiger partial charge in [0.2, 0.25) is 0 Å². The van der Waals surface area contributed by atoms with Crippen LogP contribution in [0.3, 0.4) is 0 Å². The van der Waals surface area contributed by atoms with Gasteiger partial charge in [0, 0.05) is 30.8 Å². The van der Waals surface area contributed by atoms with Gasteiger partial charge in [-0.25, -0.2) is 9.98 Å². The van der Waals surface area contributed by atoms with Crippen LogP contribution in [0.4, 0.5) is 0 Å². The second-order valence-electron chi connectivity index (χ2n) is 5.90. The van der Waals surface area contributed by atoms with Gasteiger partial charge in [0.25, 0.3) is 0 Å². The molecule has 0 aliphatic carbocycles. The predicted octanol–water partition coefficient (Wildman–Crippen LogP) is 3.41. The van der Waals surface area contributed by atoms with Crippen LogP contribution in [-0.4, -0.2) is 37.2 Å². The normalized spacial score (nSPS) is 11.5. The number of benzene rings is 1. The highest BCUT2D eigenvalue weighted by Gasteiger charge is 2.01. The molecule has 1 aromatic carbocycles. The summed E-state index contributed by atoms with van der Waals surface area (Å²) in [5.74, 6) is 0.838. The molecule has 0 saturated carbocycles. The number of aryl methyl sites for hydroxylation is 1. The molecule has 142 valence electrons. The number of ether oxygens (including phenoxy) is 1. The summed E-state index contributed by atoms with van der Waals surface area (Å²) in [7, 11) is 0. The first-order chi connectivity index (χ1) is 12.8. The number of nitrogens with one attached hydrogen (secondary N) is 2. The average Bonchev–Trinajstić information content (AvgIpc) is 3.14. The van der Waals surface area contributed by atoms with Crippen LogP contribution in [-0.2, 0) is 24.1 Å². The average molecular weight is 375 g/mol. The number of rotatable bonds is 11. The summed E-state index contributed by atoms with van der Waals surface area (Å²) in [5.41, 5.74) is 1.32. The number of nitrogens with zero attached hydrogens (tertiary/aromatic N) is 2. The van der Waals surface area contributed by atoms with E-state index < -0.39 is 0 Å². The van der Waals surface area contributed by atoms with E-state index in [1.165, 1.54) is 10.4 Å². The summed E-state index contributed by atoms with van der Waals surface area (Å²) >= 11 is 1.73. The van der Waals surface area contributed by atoms with Crippen LogP contribution >= 0.6 is 11.3 Å². The Morgan fingerprint density at radius 1 is 1.15 bits per heavy atom. The zero-order valence-corrected chi connectivity index (χ0v) is 16.6. The van der Waals surface area contributed by atoms with E-state index in [4.69, 9.17) is 4.74 Å². The van der Waals surface area contributed by atoms with Crippen molar-refractivity contribution in [3.8, 4) is 0 Å². The quantitative estimate of drug-likeness (QED) is 0.359. The summed E-state index contributed by atoms with van der Waals surface area (Å²) in [5, 5.41) is 7.69. The Morgan fingerprint density at radius 3 is 2.73 bits per heavy atom. The van der Waals surface area contributed by atoms with Crippen LogP contribution < -0.4 is 10.6 Å². The molecule has 0 spiro atoms. The van der Waals surface area contributed by atoms with Gasteiger partial charge in [-0.1, -0.05) is 37.3 Å². The maximum absolute atomic E-state index is 5.72. The van der Waals surface area contributed by atoms with E-state index in [1.54, 1.807) is 11.3 Å². The lowest BCUT2D eigenvalue weighted by Gasteiger charge is -2.11. The van der Waals surface area contributed by atoms with E-state index >= 15 is 0 Å². The minimum Gasteiger partial charge on any atom is -0.381 e. The van der Waals surface area contributed by atoms with Gasteiger partial charge in [0.05, 0.1) is 13.2 Å². The van der Waals surface area contributed by atoms with Crippen molar-refractivity contribution < 1.29 is 4.74 Å². The smallest absolute Gasteiger partial charge is 0.191 e. The molecular weight excluding hydrogens is 344 g/mol. The molecular formula is C20H30N4OS. The maximum atomic E-state index is 5.72. The fourth-order valence-electron chi connectivity index (χ4n) is 2.39. The van der Waals surface area contributed by atoms with Crippen LogP contribution in [0.5, 0.6) is 0 Å². The summed E-state index contributed by atoms with van der Waals surface area (Å²) in [6, 6.07) is 10.4. The lowest BCUT2D eigenvalue weighted by Crippen LogP contribution is -2.38. The van der Waals surface area contributed by atoms with E-state index in [2.05, 4.69) is 58.7 Å². The van der Waals surface area contributed by atoms with Gasteiger partial charge in [-0.15, -0.1) is 11.3 Å². The highest BCUT2D eigenvalue weighted by atomic mass is 32.1. The molecule has 0 amide bonds. The number of hydrogen-bond acceptors (Lipinski definition) is 4. The molecule has 1 aromatic heterocycles. The minimum absolute atomic E-state index is 0.619. The van der Waals surface area contributed by atoms with Crippen molar-refractivity contribution in [3.05, 3.63) is 52.0 Å². The summed E-state index contributed by atoms with van der Waals surface area (Å²) in [6.07, 6.45) is 4.90. The van der Waals surface area contributed by atoms with Gasteiger partial charge in [-0.2, -0.15) is 0 Å². The zero-order chi connectivity index (χ0) is 18.5. The fourth-order valence-corrected chi connectivity index (χ4v) is 3.18. The van der Waals surface area contributed by atoms with Crippen molar-refractivity contribution in [3.63, 3.8) is 0 Å². The lowest BCUT2D eigenvalue weighted by atomic mass is 10.2. The minimum atomic E-state index is 0.619. The number of aromatic nitrogens is 1. The summed E-state index contributed by atoms with van der Waals surface area (Å²) in [4.78, 5) is 10.3. The lowest BCUT2D eigenvalue weighted by molar-refractivity contribution is 0.135. The SMILES string of the molecule is CCNC(=NCc1ncc(CC)s1)NCCCOCCc1ccccc1. The molecule has 0 saturated heterocycles. The van der Waals surface area contributed by atoms with Crippen LogP contribution in [0.1, 0.15) is 35.7 Å². The Morgan fingerprint density at radius 2 is 2.00 bits per heavy atom. The Bertz CT molecular complexity index is 642. The second kappa shape index (κ2) is 12.4. The van der Waals surface area contributed by atoms with Gasteiger partial charge < -0.3 is 15.4 Å². The molecule has 0 fully saturated rings. The van der Waals surface area contributed by atoms with Crippen molar-refractivity contribution in [2.24, 2.45) is 4.99 Å². The topological polar surface area (TPSA) is 58.5 Å². The van der Waals surface area contributed by atoms with Crippen molar-refractivity contribution in [1.82, 2.24) is 15.6 Å². The van der Waals surface area contributed by atoms with Gasteiger partial charge >= 0.3 is 0 Å². The summed E-state index contributed by atoms with van der Waals surface area (Å²) < 4.78 is 5.72. The van der Waals surface area contributed by atoms with E-state index in [0.29, 0.717) is 6.54 Å². The van der Waals surface area contributed by atoms with Gasteiger partial charge in [-0.3, -0.25) is 0 Å². The molecule has 2 aromatic rings. The third-order valence-corrected chi connectivity index (χ3v) is 4.93. The molecule has 0 bridgehead atoms. The van der Waals surface area contributed by atoms with Crippen LogP contribution in [0.25, 0.3) is 0 Å². The van der Waals surface area contributed by atoms with Crippen LogP contribution in [0.15, 0.2) is 41.5 Å². The second-order valence-corrected chi connectivity index (χ2v) is 7.10. The largest absolute Gasteiger partial charge is 0.381 e. The van der Waals surface area contributed by atoms with Gasteiger partial charge in [0.1, 0.15) is 5.01 Å². The van der Waals surface area contributed by atoms with E-state index in [0.717, 1.165) is 56.5 Å².